The number of nitrogens with two attached hydrogens (primary N) is 1. The van der Waals surface area contributed by atoms with Crippen LogP contribution in [-0.2, 0) is 16.0 Å². The van der Waals surface area contributed by atoms with Gasteiger partial charge in [-0.2, -0.15) is 0 Å². The van der Waals surface area contributed by atoms with Gasteiger partial charge in [0.2, 0.25) is 5.91 Å². The molecule has 102 valence electrons. The Kier molecular flexibility index (Phi) is 3.90. The van der Waals surface area contributed by atoms with Gasteiger partial charge >= 0.3 is 0 Å². The lowest BCUT2D eigenvalue weighted by Crippen LogP contribution is -2.14. The first-order valence-electron chi connectivity index (χ1n) is 6.29. The van der Waals surface area contributed by atoms with E-state index in [1.807, 2.05) is 26.0 Å². The van der Waals surface area contributed by atoms with Crippen molar-refractivity contribution in [3.8, 4) is 5.75 Å². The number of amides is 1. The van der Waals surface area contributed by atoms with Gasteiger partial charge in [0.1, 0.15) is 18.5 Å². The molecule has 1 unspecified atom stereocenters. The number of hydrogen-bond acceptors (Lipinski definition) is 3. The molecule has 1 aliphatic heterocycles. The SMILES string of the molecule is C=C(Cc1cc(C)c(OCC2CO2)c(C)c1)C(N)=O. The van der Waals surface area contributed by atoms with Crippen molar-refractivity contribution in [2.75, 3.05) is 13.2 Å². The molecule has 0 aliphatic carbocycles. The van der Waals surface area contributed by atoms with Crippen molar-refractivity contribution in [2.45, 2.75) is 26.4 Å². The minimum Gasteiger partial charge on any atom is -0.490 e. The van der Waals surface area contributed by atoms with Gasteiger partial charge in [-0.15, -0.1) is 0 Å². The first-order chi connectivity index (χ1) is 8.97. The number of primary amides is 1. The van der Waals surface area contributed by atoms with E-state index in [1.54, 1.807) is 0 Å². The number of aryl methyl sites for hydroxylation is 2. The molecule has 0 aromatic heterocycles. The molecule has 2 rings (SSSR count). The summed E-state index contributed by atoms with van der Waals surface area (Å²) in [6, 6.07) is 4.01. The van der Waals surface area contributed by atoms with Crippen LogP contribution in [0.2, 0.25) is 0 Å². The molecular formula is C15H19NO3. The Morgan fingerprint density at radius 3 is 2.53 bits per heavy atom. The number of carbonyl (C=O) groups is 1. The Morgan fingerprint density at radius 2 is 2.05 bits per heavy atom. The van der Waals surface area contributed by atoms with Gasteiger partial charge in [-0.1, -0.05) is 18.7 Å². The molecule has 1 aromatic rings. The molecule has 2 N–H and O–H groups in total. The first-order valence-corrected chi connectivity index (χ1v) is 6.29. The molecule has 1 heterocycles. The maximum Gasteiger partial charge on any atom is 0.244 e. The standard InChI is InChI=1S/C15H19NO3/c1-9-4-12(6-11(3)15(16)17)5-10(2)14(9)19-8-13-7-18-13/h4-5,13H,3,6-8H2,1-2H3,(H2,16,17). The van der Waals surface area contributed by atoms with Crippen LogP contribution in [0.4, 0.5) is 0 Å². The van der Waals surface area contributed by atoms with Gasteiger partial charge in [0.25, 0.3) is 0 Å². The zero-order chi connectivity index (χ0) is 14.0. The summed E-state index contributed by atoms with van der Waals surface area (Å²) in [4.78, 5) is 11.0. The summed E-state index contributed by atoms with van der Waals surface area (Å²) < 4.78 is 10.9. The highest BCUT2D eigenvalue weighted by atomic mass is 16.6. The number of rotatable bonds is 6. The Morgan fingerprint density at radius 1 is 1.47 bits per heavy atom. The van der Waals surface area contributed by atoms with Crippen molar-refractivity contribution in [1.82, 2.24) is 0 Å². The summed E-state index contributed by atoms with van der Waals surface area (Å²) in [5.74, 6) is 0.436. The number of carbonyl (C=O) groups excluding carboxylic acids is 1. The van der Waals surface area contributed by atoms with Crippen molar-refractivity contribution < 1.29 is 14.3 Å². The highest BCUT2D eigenvalue weighted by Crippen LogP contribution is 2.26. The summed E-state index contributed by atoms with van der Waals surface area (Å²) in [5, 5.41) is 0. The summed E-state index contributed by atoms with van der Waals surface area (Å²) >= 11 is 0. The van der Waals surface area contributed by atoms with Crippen molar-refractivity contribution in [3.05, 3.63) is 41.0 Å². The second-order valence-electron chi connectivity index (χ2n) is 4.97. The van der Waals surface area contributed by atoms with E-state index in [1.165, 1.54) is 0 Å². The van der Waals surface area contributed by atoms with E-state index in [2.05, 4.69) is 6.58 Å². The van der Waals surface area contributed by atoms with E-state index >= 15 is 0 Å². The van der Waals surface area contributed by atoms with Gasteiger partial charge in [0.15, 0.2) is 0 Å². The zero-order valence-corrected chi connectivity index (χ0v) is 11.4. The largest absolute Gasteiger partial charge is 0.490 e. The number of epoxide rings is 1. The monoisotopic (exact) mass is 261 g/mol. The van der Waals surface area contributed by atoms with E-state index in [4.69, 9.17) is 15.2 Å². The molecular weight excluding hydrogens is 242 g/mol. The van der Waals surface area contributed by atoms with E-state index in [0.29, 0.717) is 18.6 Å². The maximum absolute atomic E-state index is 11.0. The van der Waals surface area contributed by atoms with Crippen LogP contribution < -0.4 is 10.5 Å². The fourth-order valence-corrected chi connectivity index (χ4v) is 2.04. The van der Waals surface area contributed by atoms with Crippen LogP contribution in [0, 0.1) is 13.8 Å². The van der Waals surface area contributed by atoms with Crippen LogP contribution >= 0.6 is 0 Å². The van der Waals surface area contributed by atoms with Crippen LogP contribution in [0.25, 0.3) is 0 Å². The fraction of sp³-hybridized carbons (Fsp3) is 0.400. The second kappa shape index (κ2) is 5.45. The normalized spacial score (nSPS) is 17.1. The highest BCUT2D eigenvalue weighted by Gasteiger charge is 2.23. The molecule has 1 atom stereocenters. The van der Waals surface area contributed by atoms with E-state index in [-0.39, 0.29) is 6.10 Å². The van der Waals surface area contributed by atoms with Crippen LogP contribution in [0.1, 0.15) is 16.7 Å². The summed E-state index contributed by atoms with van der Waals surface area (Å²) in [7, 11) is 0. The lowest BCUT2D eigenvalue weighted by molar-refractivity contribution is -0.114. The molecule has 4 nitrogen and oxygen atoms in total. The summed E-state index contributed by atoms with van der Waals surface area (Å²) in [6.07, 6.45) is 0.719. The van der Waals surface area contributed by atoms with Crippen LogP contribution in [0.5, 0.6) is 5.75 Å². The molecule has 1 aromatic carbocycles. The minimum atomic E-state index is -0.457. The molecule has 0 bridgehead atoms. The first kappa shape index (κ1) is 13.6. The lowest BCUT2D eigenvalue weighted by atomic mass is 10.0. The lowest BCUT2D eigenvalue weighted by Gasteiger charge is -2.13. The van der Waals surface area contributed by atoms with Crippen LogP contribution in [0.3, 0.4) is 0 Å². The van der Waals surface area contributed by atoms with Crippen LogP contribution in [0.15, 0.2) is 24.3 Å². The van der Waals surface area contributed by atoms with Gasteiger partial charge in [0, 0.05) is 12.0 Å². The van der Waals surface area contributed by atoms with Gasteiger partial charge in [-0.3, -0.25) is 4.79 Å². The molecule has 1 aliphatic rings. The molecule has 1 fully saturated rings. The van der Waals surface area contributed by atoms with E-state index in [9.17, 15) is 4.79 Å². The van der Waals surface area contributed by atoms with Gasteiger partial charge in [-0.05, 0) is 30.5 Å². The summed E-state index contributed by atoms with van der Waals surface area (Å²) in [5.41, 5.74) is 8.74. The number of ether oxygens (including phenoxy) is 2. The third-order valence-electron chi connectivity index (χ3n) is 3.10. The average molecular weight is 261 g/mol. The molecule has 0 spiro atoms. The number of hydrogen-bond donors (Lipinski definition) is 1. The molecule has 19 heavy (non-hydrogen) atoms. The third-order valence-corrected chi connectivity index (χ3v) is 3.10. The maximum atomic E-state index is 11.0. The van der Waals surface area contributed by atoms with E-state index in [0.717, 1.165) is 29.0 Å². The molecule has 0 radical (unpaired) electrons. The van der Waals surface area contributed by atoms with Crippen LogP contribution in [-0.4, -0.2) is 25.2 Å². The molecule has 1 amide bonds. The average Bonchev–Trinajstić information content (AvgIpc) is 3.11. The smallest absolute Gasteiger partial charge is 0.244 e. The second-order valence-corrected chi connectivity index (χ2v) is 4.97. The summed E-state index contributed by atoms with van der Waals surface area (Å²) in [6.45, 7) is 9.04. The Bertz CT molecular complexity index is 495. The predicted octanol–water partition coefficient (Wildman–Crippen LogP) is 1.67. The van der Waals surface area contributed by atoms with Gasteiger partial charge < -0.3 is 15.2 Å². The topological polar surface area (TPSA) is 64.8 Å². The van der Waals surface area contributed by atoms with Crippen molar-refractivity contribution in [2.24, 2.45) is 5.73 Å². The fourth-order valence-electron chi connectivity index (χ4n) is 2.04. The zero-order valence-electron chi connectivity index (χ0n) is 11.4. The quantitative estimate of drug-likeness (QED) is 0.625. The van der Waals surface area contributed by atoms with Crippen molar-refractivity contribution >= 4 is 5.91 Å². The molecule has 1 saturated heterocycles. The third kappa shape index (κ3) is 3.58. The van der Waals surface area contributed by atoms with Gasteiger partial charge in [0.05, 0.1) is 6.61 Å². The Labute approximate surface area is 113 Å². The molecule has 4 heteroatoms. The van der Waals surface area contributed by atoms with Crippen molar-refractivity contribution in [1.29, 1.82) is 0 Å². The Balaban J connectivity index is 2.10. The van der Waals surface area contributed by atoms with Gasteiger partial charge in [-0.25, -0.2) is 0 Å². The Hall–Kier alpha value is -1.81. The van der Waals surface area contributed by atoms with Crippen molar-refractivity contribution in [3.63, 3.8) is 0 Å². The highest BCUT2D eigenvalue weighted by molar-refractivity contribution is 5.91. The number of benzene rings is 1. The minimum absolute atomic E-state index is 0.244. The predicted molar refractivity (Wildman–Crippen MR) is 73.2 cm³/mol. The van der Waals surface area contributed by atoms with E-state index < -0.39 is 5.91 Å². The molecule has 0 saturated carbocycles.